The lowest BCUT2D eigenvalue weighted by Crippen LogP contribution is -2.14. The number of hydrogen-bond acceptors (Lipinski definition) is 4. The highest BCUT2D eigenvalue weighted by Crippen LogP contribution is 2.32. The highest BCUT2D eigenvalue weighted by atomic mass is 32.2. The Morgan fingerprint density at radius 2 is 1.63 bits per heavy atom. The number of benzene rings is 2. The highest BCUT2D eigenvalue weighted by Gasteiger charge is 2.21. The lowest BCUT2D eigenvalue weighted by Gasteiger charge is -2.14. The third kappa shape index (κ3) is 5.01. The van der Waals surface area contributed by atoms with Gasteiger partial charge in [0, 0.05) is 16.9 Å². The molecule has 0 saturated heterocycles. The molecular weight excluding hydrogens is 390 g/mol. The molecule has 2 aromatic carbocycles. The minimum Gasteiger partial charge on any atom is -0.264 e. The third-order valence-electron chi connectivity index (χ3n) is 5.12. The van der Waals surface area contributed by atoms with E-state index < -0.39 is 0 Å². The number of nitrogens with zero attached hydrogens (tertiary/aromatic N) is 3. The molecule has 30 heavy (non-hydrogen) atoms. The zero-order valence-electron chi connectivity index (χ0n) is 18.8. The van der Waals surface area contributed by atoms with E-state index in [2.05, 4.69) is 86.9 Å². The topological polar surface area (TPSA) is 47.2 Å². The third-order valence-corrected chi connectivity index (χ3v) is 5.94. The summed E-state index contributed by atoms with van der Waals surface area (Å²) in [5, 5.41) is 7.95. The molecule has 0 atom stereocenters. The van der Waals surface area contributed by atoms with Crippen molar-refractivity contribution in [2.45, 2.75) is 58.0 Å². The summed E-state index contributed by atoms with van der Waals surface area (Å²) in [6.45, 7) is 12.2. The van der Waals surface area contributed by atoms with Crippen molar-refractivity contribution in [3.05, 3.63) is 64.7 Å². The molecule has 0 fully saturated rings. The van der Waals surface area contributed by atoms with Gasteiger partial charge in [0.05, 0.1) is 11.4 Å². The maximum Gasteiger partial charge on any atom is 0.107 e. The first-order chi connectivity index (χ1) is 14.2. The lowest BCUT2D eigenvalue weighted by molar-refractivity contribution is 0.468. The summed E-state index contributed by atoms with van der Waals surface area (Å²) in [7, 11) is 0. The molecule has 0 saturated carbocycles. The van der Waals surface area contributed by atoms with E-state index in [9.17, 15) is 4.91 Å². The first-order valence-electron chi connectivity index (χ1n) is 10.4. The van der Waals surface area contributed by atoms with Gasteiger partial charge in [0.2, 0.25) is 0 Å². The van der Waals surface area contributed by atoms with Gasteiger partial charge in [-0.2, -0.15) is 10.0 Å². The zero-order valence-corrected chi connectivity index (χ0v) is 19.6. The molecule has 1 heterocycles. The highest BCUT2D eigenvalue weighted by molar-refractivity contribution is 7.98. The fourth-order valence-electron chi connectivity index (χ4n) is 3.46. The van der Waals surface area contributed by atoms with Crippen LogP contribution in [0.4, 0.5) is 0 Å². The molecule has 3 rings (SSSR count). The Labute approximate surface area is 184 Å². The summed E-state index contributed by atoms with van der Waals surface area (Å²) in [6, 6.07) is 17.1. The van der Waals surface area contributed by atoms with E-state index in [-0.39, 0.29) is 12.0 Å². The summed E-state index contributed by atoms with van der Waals surface area (Å²) in [4.78, 5) is 11.8. The maximum atomic E-state index is 10.7. The molecule has 5 heteroatoms. The summed E-state index contributed by atoms with van der Waals surface area (Å²) in [6.07, 6.45) is 2.03. The quantitative estimate of drug-likeness (QED) is 0.300. The molecule has 0 aliphatic rings. The van der Waals surface area contributed by atoms with Gasteiger partial charge in [-0.25, -0.2) is 0 Å². The minimum atomic E-state index is 0.0171. The van der Waals surface area contributed by atoms with Crippen LogP contribution in [0.1, 0.15) is 45.9 Å². The van der Waals surface area contributed by atoms with Gasteiger partial charge in [0.15, 0.2) is 0 Å². The summed E-state index contributed by atoms with van der Waals surface area (Å²) in [5.74, 6) is 0.528. The van der Waals surface area contributed by atoms with Gasteiger partial charge < -0.3 is 0 Å². The van der Waals surface area contributed by atoms with Crippen molar-refractivity contribution < 1.29 is 0 Å². The predicted octanol–water partition coefficient (Wildman–Crippen LogP) is 7.16. The number of aromatic nitrogens is 2. The molecule has 0 aliphatic carbocycles. The van der Waals surface area contributed by atoms with E-state index in [1.165, 1.54) is 5.56 Å². The van der Waals surface area contributed by atoms with Crippen LogP contribution in [0.2, 0.25) is 0 Å². The van der Waals surface area contributed by atoms with Crippen LogP contribution in [0, 0.1) is 10.8 Å². The standard InChI is InChI=1S/C25H31N3OS/c1-17(2)16-28-22(14-24(27-28)25(3,4)5)19-9-7-18(8-10-19)20-11-12-21(15-26-29)23(13-20)30-6/h7-14,17H,15-16H2,1-6H3. The molecule has 0 aliphatic heterocycles. The van der Waals surface area contributed by atoms with Crippen LogP contribution < -0.4 is 0 Å². The Balaban J connectivity index is 1.96. The Morgan fingerprint density at radius 1 is 1.00 bits per heavy atom. The number of hydrogen-bond donors (Lipinski definition) is 0. The number of thioether (sulfide) groups is 1. The fourth-order valence-corrected chi connectivity index (χ4v) is 4.10. The molecule has 0 bridgehead atoms. The van der Waals surface area contributed by atoms with Gasteiger partial charge in [-0.3, -0.25) is 4.68 Å². The van der Waals surface area contributed by atoms with E-state index in [4.69, 9.17) is 5.10 Å². The van der Waals surface area contributed by atoms with Crippen molar-refractivity contribution in [1.82, 2.24) is 9.78 Å². The smallest absolute Gasteiger partial charge is 0.107 e. The second-order valence-corrected chi connectivity index (χ2v) is 9.98. The van der Waals surface area contributed by atoms with E-state index in [0.717, 1.165) is 39.5 Å². The Morgan fingerprint density at radius 3 is 2.20 bits per heavy atom. The normalized spacial score (nSPS) is 11.8. The molecular formula is C25H31N3OS. The molecule has 4 nitrogen and oxygen atoms in total. The summed E-state index contributed by atoms with van der Waals surface area (Å²) in [5.41, 5.74) is 6.75. The molecule has 1 aromatic heterocycles. The van der Waals surface area contributed by atoms with Gasteiger partial charge in [0.25, 0.3) is 0 Å². The maximum absolute atomic E-state index is 10.7. The Hall–Kier alpha value is -2.40. The van der Waals surface area contributed by atoms with Gasteiger partial charge >= 0.3 is 0 Å². The van der Waals surface area contributed by atoms with Gasteiger partial charge in [-0.05, 0) is 46.6 Å². The largest absolute Gasteiger partial charge is 0.264 e. The van der Waals surface area contributed by atoms with Crippen LogP contribution >= 0.6 is 11.8 Å². The van der Waals surface area contributed by atoms with Crippen LogP contribution in [0.15, 0.2) is 58.6 Å². The minimum absolute atomic E-state index is 0.0171. The zero-order chi connectivity index (χ0) is 21.9. The van der Waals surface area contributed by atoms with Gasteiger partial charge in [0.1, 0.15) is 6.54 Å². The van der Waals surface area contributed by atoms with Gasteiger partial charge in [-0.15, -0.1) is 11.8 Å². The van der Waals surface area contributed by atoms with Crippen LogP contribution in [-0.2, 0) is 18.5 Å². The SMILES string of the molecule is CSc1cc(-c2ccc(-c3cc(C(C)(C)C)nn3CC(C)C)cc2)ccc1CN=O. The molecule has 0 N–H and O–H groups in total. The van der Waals surface area contributed by atoms with Crippen LogP contribution in [0.25, 0.3) is 22.4 Å². The summed E-state index contributed by atoms with van der Waals surface area (Å²) >= 11 is 1.65. The number of nitroso groups, excluding NO2 is 1. The van der Waals surface area contributed by atoms with Gasteiger partial charge in [-0.1, -0.05) is 76.2 Å². The molecule has 0 radical (unpaired) electrons. The van der Waals surface area contributed by atoms with E-state index in [1.807, 2.05) is 12.3 Å². The van der Waals surface area contributed by atoms with Crippen LogP contribution in [-0.4, -0.2) is 16.0 Å². The van der Waals surface area contributed by atoms with E-state index in [1.54, 1.807) is 11.8 Å². The van der Waals surface area contributed by atoms with Crippen molar-refractivity contribution in [2.75, 3.05) is 6.26 Å². The van der Waals surface area contributed by atoms with Crippen LogP contribution in [0.3, 0.4) is 0 Å². The lowest BCUT2D eigenvalue weighted by atomic mass is 9.92. The molecule has 0 unspecified atom stereocenters. The number of rotatable bonds is 7. The predicted molar refractivity (Wildman–Crippen MR) is 128 cm³/mol. The Kier molecular flexibility index (Phi) is 6.81. The fraction of sp³-hybridized carbons (Fsp3) is 0.400. The molecule has 0 spiro atoms. The van der Waals surface area contributed by atoms with Crippen molar-refractivity contribution in [2.24, 2.45) is 11.1 Å². The molecule has 0 amide bonds. The van der Waals surface area contributed by atoms with E-state index >= 15 is 0 Å². The average molecular weight is 422 g/mol. The van der Waals surface area contributed by atoms with Crippen molar-refractivity contribution in [1.29, 1.82) is 0 Å². The monoisotopic (exact) mass is 421 g/mol. The summed E-state index contributed by atoms with van der Waals surface area (Å²) < 4.78 is 2.15. The second-order valence-electron chi connectivity index (χ2n) is 9.13. The van der Waals surface area contributed by atoms with E-state index in [0.29, 0.717) is 5.92 Å². The molecule has 158 valence electrons. The van der Waals surface area contributed by atoms with Crippen molar-refractivity contribution >= 4 is 11.8 Å². The first-order valence-corrected chi connectivity index (χ1v) is 11.6. The average Bonchev–Trinajstić information content (AvgIpc) is 3.12. The van der Waals surface area contributed by atoms with Crippen molar-refractivity contribution in [3.63, 3.8) is 0 Å². The Bertz CT molecular complexity index is 1010. The van der Waals surface area contributed by atoms with Crippen LogP contribution in [0.5, 0.6) is 0 Å². The molecule has 3 aromatic rings. The first kappa shape index (κ1) is 22.3. The second kappa shape index (κ2) is 9.17. The van der Waals surface area contributed by atoms with Crippen molar-refractivity contribution in [3.8, 4) is 22.4 Å².